The Hall–Kier alpha value is -8.06. The highest BCUT2D eigenvalue weighted by Gasteiger charge is 2.35. The fraction of sp³-hybridized carbons (Fsp3) is 0.588. The average Bonchev–Trinajstić information content (AvgIpc) is 3.19. The van der Waals surface area contributed by atoms with E-state index in [4.69, 9.17) is 45.9 Å². The van der Waals surface area contributed by atoms with Gasteiger partial charge in [-0.3, -0.25) is 48.5 Å². The lowest BCUT2D eigenvalue weighted by Crippen LogP contribution is -2.59. The average molecular weight is 946 g/mol. The largest absolute Gasteiger partial charge is 0.480 e. The second kappa shape index (κ2) is 30.1. The Bertz CT molecular complexity index is 1850. The molecule has 0 aromatic rings. The lowest BCUT2D eigenvalue weighted by atomic mass is 10.1. The molecule has 0 unspecified atom stereocenters. The standard InChI is InChI=1S/C34H59N17O15/c35-14(10-22(53)46-15(28(59)60)4-1-7-43-32(37)38)25(56)49-18(12-23(54)47-16(29(61)62)5-2-8-44-33(39)40)26(57)50-19(27(58)51-20(31(65)66)11-21(36)52)13-24(55)48-17(30(63)64)6-3-9-45-34(41)42/h14-20H,1-13,35H2,(H2,36,52)(H,46,53)(H,47,54)(H,48,55)(H,49,56)(H,50,57)(H,51,58)(H,59,60)(H,61,62)(H,63,64)(H,65,66)(H4,37,38,43)(H4,39,40,44)(H4,41,42,45)/t14-,15-,16-,17-,18-,19-,20-/m0/s1. The van der Waals surface area contributed by atoms with Gasteiger partial charge in [-0.15, -0.1) is 0 Å². The van der Waals surface area contributed by atoms with E-state index >= 15 is 0 Å². The SMILES string of the molecule is NC(=O)C[C@H](NC(=O)[C@H](CC(=O)N[C@@H](CCCN=C(N)N)C(=O)O)NC(=O)[C@H](CC(=O)N[C@@H](CCCN=C(N)N)C(=O)O)NC(=O)[C@@H](N)CC(=O)N[C@@H](CCCN=C(N)N)C(=O)O)C(=O)O. The van der Waals surface area contributed by atoms with Crippen LogP contribution in [-0.4, -0.2) is 165 Å². The van der Waals surface area contributed by atoms with Crippen LogP contribution in [0, 0.1) is 0 Å². The Morgan fingerprint density at radius 3 is 0.955 bits per heavy atom. The van der Waals surface area contributed by atoms with Gasteiger partial charge in [-0.1, -0.05) is 0 Å². The molecule has 0 aromatic carbocycles. The molecule has 0 radical (unpaired) electrons. The molecule has 0 fully saturated rings. The van der Waals surface area contributed by atoms with Crippen molar-refractivity contribution in [2.45, 2.75) is 107 Å². The van der Waals surface area contributed by atoms with Crippen LogP contribution in [-0.2, 0) is 52.7 Å². The molecule has 0 aromatic heterocycles. The van der Waals surface area contributed by atoms with Crippen molar-refractivity contribution in [1.29, 1.82) is 0 Å². The number of amides is 7. The number of carbonyl (C=O) groups is 11. The molecule has 0 aliphatic rings. The molecule has 370 valence electrons. The van der Waals surface area contributed by atoms with Gasteiger partial charge in [-0.05, 0) is 38.5 Å². The topological polar surface area (TPSA) is 586 Å². The van der Waals surface area contributed by atoms with Crippen molar-refractivity contribution in [3.63, 3.8) is 0 Å². The zero-order chi connectivity index (χ0) is 50.7. The molecule has 0 aliphatic heterocycles. The van der Waals surface area contributed by atoms with Gasteiger partial charge in [0.15, 0.2) is 17.9 Å². The molecule has 0 spiro atoms. The summed E-state index contributed by atoms with van der Waals surface area (Å²) in [6, 6.07) is -13.0. The molecular weight excluding hydrogens is 886 g/mol. The lowest BCUT2D eigenvalue weighted by molar-refractivity contribution is -0.144. The zero-order valence-corrected chi connectivity index (χ0v) is 35.5. The first-order valence-corrected chi connectivity index (χ1v) is 19.6. The number of nitrogens with two attached hydrogens (primary N) is 8. The van der Waals surface area contributed by atoms with Crippen molar-refractivity contribution in [2.24, 2.45) is 60.8 Å². The molecule has 0 bridgehead atoms. The van der Waals surface area contributed by atoms with E-state index in [0.29, 0.717) is 0 Å². The molecule has 0 saturated carbocycles. The number of aliphatic imine (C=N–C) groups is 3. The summed E-state index contributed by atoms with van der Waals surface area (Å²) in [4.78, 5) is 150. The van der Waals surface area contributed by atoms with E-state index in [1.165, 1.54) is 0 Å². The number of nitrogens with zero attached hydrogens (tertiary/aromatic N) is 3. The number of guanidine groups is 3. The molecule has 32 nitrogen and oxygen atoms in total. The van der Waals surface area contributed by atoms with E-state index in [-0.39, 0.29) is 76.0 Å². The molecule has 0 saturated heterocycles. The van der Waals surface area contributed by atoms with Gasteiger partial charge in [0.2, 0.25) is 41.4 Å². The van der Waals surface area contributed by atoms with Gasteiger partial charge < -0.3 is 98.2 Å². The van der Waals surface area contributed by atoms with E-state index in [2.05, 4.69) is 36.2 Å². The minimum absolute atomic E-state index is 0.0114. The first-order valence-electron chi connectivity index (χ1n) is 19.6. The lowest BCUT2D eigenvalue weighted by Gasteiger charge is -2.25. The van der Waals surface area contributed by atoms with Crippen LogP contribution in [0.1, 0.15) is 64.2 Å². The molecule has 32 heteroatoms. The number of nitrogens with one attached hydrogen (secondary N) is 6. The Labute approximate surface area is 374 Å². The summed E-state index contributed by atoms with van der Waals surface area (Å²) in [5, 5.41) is 50.8. The first kappa shape index (κ1) is 57.9. The van der Waals surface area contributed by atoms with Crippen LogP contribution in [0.3, 0.4) is 0 Å². The van der Waals surface area contributed by atoms with Crippen molar-refractivity contribution in [3.8, 4) is 0 Å². The van der Waals surface area contributed by atoms with Crippen LogP contribution >= 0.6 is 0 Å². The summed E-state index contributed by atoms with van der Waals surface area (Å²) in [5.41, 5.74) is 42.5. The van der Waals surface area contributed by atoms with E-state index in [0.717, 1.165) is 0 Å². The normalized spacial score (nSPS) is 13.7. The number of aliphatic carboxylic acids is 4. The number of carboxylic acids is 4. The summed E-state index contributed by atoms with van der Waals surface area (Å²) >= 11 is 0. The minimum Gasteiger partial charge on any atom is -0.480 e. The highest BCUT2D eigenvalue weighted by Crippen LogP contribution is 2.07. The molecule has 0 aliphatic carbocycles. The highest BCUT2D eigenvalue weighted by molar-refractivity contribution is 5.99. The maximum absolute atomic E-state index is 13.9. The predicted molar refractivity (Wildman–Crippen MR) is 227 cm³/mol. The van der Waals surface area contributed by atoms with Gasteiger partial charge in [0.25, 0.3) is 0 Å². The molecule has 7 amide bonds. The van der Waals surface area contributed by atoms with Crippen LogP contribution in [0.5, 0.6) is 0 Å². The number of hydrogen-bond acceptors (Lipinski definition) is 15. The summed E-state index contributed by atoms with van der Waals surface area (Å²) in [6.45, 7) is -0.0913. The Morgan fingerprint density at radius 1 is 0.379 bits per heavy atom. The third-order valence-electron chi connectivity index (χ3n) is 8.54. The number of primary amides is 1. The van der Waals surface area contributed by atoms with E-state index in [1.807, 2.05) is 10.6 Å². The Kier molecular flexibility index (Phi) is 26.4. The molecular formula is C34H59N17O15. The van der Waals surface area contributed by atoms with Crippen LogP contribution in [0.2, 0.25) is 0 Å². The Balaban J connectivity index is 6.77. The van der Waals surface area contributed by atoms with Crippen molar-refractivity contribution >= 4 is 83.1 Å². The fourth-order valence-electron chi connectivity index (χ4n) is 5.35. The number of carboxylic acid groups (broad SMARTS) is 4. The number of rotatable bonds is 33. The summed E-state index contributed by atoms with van der Waals surface area (Å²) in [7, 11) is 0. The monoisotopic (exact) mass is 945 g/mol. The molecule has 7 atom stereocenters. The number of hydrogen-bond donors (Lipinski definition) is 18. The van der Waals surface area contributed by atoms with Crippen LogP contribution in [0.15, 0.2) is 15.0 Å². The van der Waals surface area contributed by atoms with Gasteiger partial charge in [-0.2, -0.15) is 0 Å². The van der Waals surface area contributed by atoms with Crippen LogP contribution in [0.4, 0.5) is 0 Å². The second-order valence-electron chi connectivity index (χ2n) is 14.1. The summed E-state index contributed by atoms with van der Waals surface area (Å²) < 4.78 is 0. The Morgan fingerprint density at radius 2 is 0.667 bits per heavy atom. The summed E-state index contributed by atoms with van der Waals surface area (Å²) in [5.74, 6) is -16.3. The van der Waals surface area contributed by atoms with E-state index < -0.39 is 133 Å². The second-order valence-corrected chi connectivity index (χ2v) is 14.1. The van der Waals surface area contributed by atoms with E-state index in [9.17, 15) is 73.2 Å². The van der Waals surface area contributed by atoms with Crippen molar-refractivity contribution < 1.29 is 73.2 Å². The van der Waals surface area contributed by atoms with Crippen molar-refractivity contribution in [3.05, 3.63) is 0 Å². The third-order valence-corrected chi connectivity index (χ3v) is 8.54. The van der Waals surface area contributed by atoms with Gasteiger partial charge in [0, 0.05) is 19.6 Å². The van der Waals surface area contributed by atoms with Gasteiger partial charge in [0.05, 0.1) is 31.7 Å². The highest BCUT2D eigenvalue weighted by atomic mass is 16.4. The van der Waals surface area contributed by atoms with Crippen LogP contribution < -0.4 is 77.8 Å². The minimum atomic E-state index is -2.17. The maximum atomic E-state index is 13.9. The molecule has 0 heterocycles. The summed E-state index contributed by atoms with van der Waals surface area (Å²) in [6.07, 6.45) is -4.73. The quantitative estimate of drug-likeness (QED) is 0.0165. The maximum Gasteiger partial charge on any atom is 0.326 e. The molecule has 66 heavy (non-hydrogen) atoms. The molecule has 0 rings (SSSR count). The number of carbonyl (C=O) groups excluding carboxylic acids is 7. The fourth-order valence-corrected chi connectivity index (χ4v) is 5.35. The van der Waals surface area contributed by atoms with Crippen molar-refractivity contribution in [1.82, 2.24) is 31.9 Å². The van der Waals surface area contributed by atoms with Gasteiger partial charge in [0.1, 0.15) is 36.3 Å². The van der Waals surface area contributed by atoms with Gasteiger partial charge >= 0.3 is 23.9 Å². The molecule has 26 N–H and O–H groups in total. The zero-order valence-electron chi connectivity index (χ0n) is 35.5. The van der Waals surface area contributed by atoms with Crippen molar-refractivity contribution in [2.75, 3.05) is 19.6 Å². The smallest absolute Gasteiger partial charge is 0.326 e. The third kappa shape index (κ3) is 25.8. The van der Waals surface area contributed by atoms with E-state index in [1.54, 1.807) is 0 Å². The predicted octanol–water partition coefficient (Wildman–Crippen LogP) is -9.23. The first-order chi connectivity index (χ1) is 30.7. The van der Waals surface area contributed by atoms with Crippen LogP contribution in [0.25, 0.3) is 0 Å². The van der Waals surface area contributed by atoms with Gasteiger partial charge in [-0.25, -0.2) is 19.2 Å².